The largest absolute Gasteiger partial charge is 0.314 e. The fraction of sp³-hybridized carbons (Fsp3) is 0.571. The number of halogens is 2. The molecule has 1 N–H and O–H groups in total. The highest BCUT2D eigenvalue weighted by molar-refractivity contribution is 9.10. The van der Waals surface area contributed by atoms with Crippen LogP contribution in [0.2, 0.25) is 5.02 Å². The molecule has 0 aliphatic carbocycles. The van der Waals surface area contributed by atoms with Crippen molar-refractivity contribution in [2.75, 3.05) is 19.6 Å². The number of hydrogen-bond acceptors (Lipinski definition) is 2. The van der Waals surface area contributed by atoms with Crippen LogP contribution in [0.1, 0.15) is 25.8 Å². The van der Waals surface area contributed by atoms with Crippen LogP contribution < -0.4 is 5.32 Å². The fourth-order valence-electron chi connectivity index (χ4n) is 2.43. The van der Waals surface area contributed by atoms with Crippen molar-refractivity contribution < 1.29 is 0 Å². The van der Waals surface area contributed by atoms with Gasteiger partial charge in [0.2, 0.25) is 0 Å². The molecule has 1 saturated heterocycles. The van der Waals surface area contributed by atoms with Crippen LogP contribution in [0.4, 0.5) is 0 Å². The van der Waals surface area contributed by atoms with Crippen LogP contribution in [-0.4, -0.2) is 30.1 Å². The zero-order valence-corrected chi connectivity index (χ0v) is 13.3. The third-order valence-electron chi connectivity index (χ3n) is 3.97. The number of nitrogens with zero attached hydrogens (tertiary/aromatic N) is 1. The number of nitrogens with one attached hydrogen (secondary N) is 1. The maximum Gasteiger partial charge on any atom is 0.0462 e. The van der Waals surface area contributed by atoms with Gasteiger partial charge in [-0.2, -0.15) is 0 Å². The van der Waals surface area contributed by atoms with Crippen molar-refractivity contribution >= 4 is 27.5 Å². The number of piperazine rings is 1. The Kier molecular flexibility index (Phi) is 4.70. The van der Waals surface area contributed by atoms with Gasteiger partial charge in [-0.25, -0.2) is 0 Å². The Bertz CT molecular complexity index is 424. The van der Waals surface area contributed by atoms with Crippen molar-refractivity contribution in [2.24, 2.45) is 0 Å². The predicted molar refractivity (Wildman–Crippen MR) is 81.1 cm³/mol. The Morgan fingerprint density at radius 3 is 2.94 bits per heavy atom. The molecule has 1 atom stereocenters. The summed E-state index contributed by atoms with van der Waals surface area (Å²) in [7, 11) is 0. The van der Waals surface area contributed by atoms with Gasteiger partial charge in [-0.05, 0) is 31.0 Å². The molecule has 1 aromatic carbocycles. The second-order valence-electron chi connectivity index (χ2n) is 5.18. The molecule has 1 fully saturated rings. The van der Waals surface area contributed by atoms with Crippen LogP contribution in [0, 0.1) is 0 Å². The summed E-state index contributed by atoms with van der Waals surface area (Å²) in [5, 5.41) is 4.33. The molecule has 0 bridgehead atoms. The van der Waals surface area contributed by atoms with Crippen LogP contribution in [0.15, 0.2) is 22.7 Å². The first-order chi connectivity index (χ1) is 8.55. The molecular formula is C14H20BrClN2. The molecule has 2 nitrogen and oxygen atoms in total. The summed E-state index contributed by atoms with van der Waals surface area (Å²) in [5.41, 5.74) is 1.44. The molecule has 18 heavy (non-hydrogen) atoms. The minimum absolute atomic E-state index is 0.231. The van der Waals surface area contributed by atoms with Gasteiger partial charge in [-0.3, -0.25) is 4.90 Å². The van der Waals surface area contributed by atoms with Gasteiger partial charge in [0.15, 0.2) is 0 Å². The van der Waals surface area contributed by atoms with Crippen molar-refractivity contribution in [3.05, 3.63) is 33.3 Å². The summed E-state index contributed by atoms with van der Waals surface area (Å²) >= 11 is 9.76. The first-order valence-corrected chi connectivity index (χ1v) is 7.62. The van der Waals surface area contributed by atoms with Crippen molar-refractivity contribution in [3.8, 4) is 0 Å². The number of hydrogen-bond donors (Lipinski definition) is 1. The molecule has 0 saturated carbocycles. The quantitative estimate of drug-likeness (QED) is 0.909. The van der Waals surface area contributed by atoms with E-state index in [1.54, 1.807) is 0 Å². The molecule has 1 heterocycles. The summed E-state index contributed by atoms with van der Waals surface area (Å²) in [6, 6.07) is 6.15. The third-order valence-corrected chi connectivity index (χ3v) is 4.81. The van der Waals surface area contributed by atoms with E-state index >= 15 is 0 Å². The highest BCUT2D eigenvalue weighted by Gasteiger charge is 2.32. The van der Waals surface area contributed by atoms with E-state index in [4.69, 9.17) is 11.6 Å². The van der Waals surface area contributed by atoms with Gasteiger partial charge in [-0.15, -0.1) is 0 Å². The summed E-state index contributed by atoms with van der Waals surface area (Å²) < 4.78 is 1.04. The van der Waals surface area contributed by atoms with E-state index in [1.165, 1.54) is 5.56 Å². The minimum Gasteiger partial charge on any atom is -0.314 e. The van der Waals surface area contributed by atoms with Crippen molar-refractivity contribution in [1.82, 2.24) is 10.2 Å². The van der Waals surface area contributed by atoms with E-state index in [0.29, 0.717) is 0 Å². The summed E-state index contributed by atoms with van der Waals surface area (Å²) in [5.74, 6) is 0. The maximum atomic E-state index is 6.31. The van der Waals surface area contributed by atoms with Gasteiger partial charge in [0.1, 0.15) is 0 Å². The third kappa shape index (κ3) is 3.08. The van der Waals surface area contributed by atoms with E-state index in [0.717, 1.165) is 42.1 Å². The monoisotopic (exact) mass is 330 g/mol. The van der Waals surface area contributed by atoms with Crippen LogP contribution in [0.5, 0.6) is 0 Å². The maximum absolute atomic E-state index is 6.31. The van der Waals surface area contributed by atoms with E-state index in [2.05, 4.69) is 52.1 Å². The zero-order valence-electron chi connectivity index (χ0n) is 11.0. The second kappa shape index (κ2) is 5.91. The molecule has 1 unspecified atom stereocenters. The summed E-state index contributed by atoms with van der Waals surface area (Å²) in [4.78, 5) is 2.54. The highest BCUT2D eigenvalue weighted by atomic mass is 79.9. The van der Waals surface area contributed by atoms with E-state index in [9.17, 15) is 0 Å². The SMILES string of the molecule is CCC1(C)CNCCN1Cc1ccc(Br)cc1Cl. The Hall–Kier alpha value is -0.0900. The van der Waals surface area contributed by atoms with Gasteiger partial charge in [0.25, 0.3) is 0 Å². The molecule has 0 radical (unpaired) electrons. The Labute approximate surface area is 123 Å². The Morgan fingerprint density at radius 2 is 2.28 bits per heavy atom. The van der Waals surface area contributed by atoms with E-state index in [-0.39, 0.29) is 5.54 Å². The molecule has 0 aromatic heterocycles. The standard InChI is InChI=1S/C14H20BrClN2/c1-3-14(2)10-17-6-7-18(14)9-11-4-5-12(15)8-13(11)16/h4-5,8,17H,3,6-7,9-10H2,1-2H3. The van der Waals surface area contributed by atoms with Crippen molar-refractivity contribution in [3.63, 3.8) is 0 Å². The molecule has 1 aromatic rings. The Balaban J connectivity index is 2.16. The molecule has 0 spiro atoms. The summed E-state index contributed by atoms with van der Waals surface area (Å²) in [6.07, 6.45) is 1.15. The fourth-order valence-corrected chi connectivity index (χ4v) is 3.16. The van der Waals surface area contributed by atoms with E-state index < -0.39 is 0 Å². The van der Waals surface area contributed by atoms with Gasteiger partial charge in [0, 0.05) is 41.2 Å². The average molecular weight is 332 g/mol. The van der Waals surface area contributed by atoms with Crippen LogP contribution >= 0.6 is 27.5 Å². The second-order valence-corrected chi connectivity index (χ2v) is 6.51. The molecular weight excluding hydrogens is 312 g/mol. The smallest absolute Gasteiger partial charge is 0.0462 e. The normalized spacial score (nSPS) is 25.3. The average Bonchev–Trinajstić information content (AvgIpc) is 2.35. The van der Waals surface area contributed by atoms with Crippen molar-refractivity contribution in [1.29, 1.82) is 0 Å². The number of benzene rings is 1. The van der Waals surface area contributed by atoms with Crippen molar-refractivity contribution in [2.45, 2.75) is 32.4 Å². The number of rotatable bonds is 3. The highest BCUT2D eigenvalue weighted by Crippen LogP contribution is 2.27. The summed E-state index contributed by atoms with van der Waals surface area (Å²) in [6.45, 7) is 8.70. The Morgan fingerprint density at radius 1 is 1.50 bits per heavy atom. The van der Waals surface area contributed by atoms with E-state index in [1.807, 2.05) is 6.07 Å². The lowest BCUT2D eigenvalue weighted by Crippen LogP contribution is -2.58. The molecule has 2 rings (SSSR count). The van der Waals surface area contributed by atoms with Gasteiger partial charge < -0.3 is 5.32 Å². The lowest BCUT2D eigenvalue weighted by molar-refractivity contribution is 0.0638. The van der Waals surface area contributed by atoms with Gasteiger partial charge in [0.05, 0.1) is 0 Å². The molecule has 100 valence electrons. The molecule has 1 aliphatic rings. The lowest BCUT2D eigenvalue weighted by Gasteiger charge is -2.45. The predicted octanol–water partition coefficient (Wildman–Crippen LogP) is 3.68. The van der Waals surface area contributed by atoms with Crippen LogP contribution in [-0.2, 0) is 6.54 Å². The van der Waals surface area contributed by atoms with Gasteiger partial charge in [-0.1, -0.05) is 40.5 Å². The molecule has 4 heteroatoms. The van der Waals surface area contributed by atoms with Crippen LogP contribution in [0.3, 0.4) is 0 Å². The minimum atomic E-state index is 0.231. The first-order valence-electron chi connectivity index (χ1n) is 6.45. The lowest BCUT2D eigenvalue weighted by atomic mass is 9.93. The zero-order chi connectivity index (χ0) is 13.2. The molecule has 1 aliphatic heterocycles. The topological polar surface area (TPSA) is 15.3 Å². The molecule has 0 amide bonds. The van der Waals surface area contributed by atoms with Gasteiger partial charge >= 0.3 is 0 Å². The van der Waals surface area contributed by atoms with Crippen LogP contribution in [0.25, 0.3) is 0 Å². The first kappa shape index (κ1) is 14.3.